The number of hydrogen-bond donors (Lipinski definition) is 3. The summed E-state index contributed by atoms with van der Waals surface area (Å²) in [5.74, 6) is 0.0283. The number of carbonyl (C=O) groups excluding carboxylic acids is 1. The fourth-order valence-corrected chi connectivity index (χ4v) is 2.75. The van der Waals surface area contributed by atoms with E-state index in [9.17, 15) is 15.0 Å². The second kappa shape index (κ2) is 6.76. The molecule has 2 aromatic carbocycles. The largest absolute Gasteiger partial charge is 0.504 e. The summed E-state index contributed by atoms with van der Waals surface area (Å²) in [5.41, 5.74) is 2.41. The summed E-state index contributed by atoms with van der Waals surface area (Å²) in [5, 5.41) is 26.1. The summed E-state index contributed by atoms with van der Waals surface area (Å²) in [6.07, 6.45) is 0. The lowest BCUT2D eigenvalue weighted by Gasteiger charge is -2.01. The van der Waals surface area contributed by atoms with Crippen LogP contribution < -0.4 is 0 Å². The van der Waals surface area contributed by atoms with E-state index in [2.05, 4.69) is 15.2 Å². The Balaban J connectivity index is 1.65. The molecule has 7 heteroatoms. The van der Waals surface area contributed by atoms with Crippen molar-refractivity contribution in [1.82, 2.24) is 15.2 Å². The predicted molar refractivity (Wildman–Crippen MR) is 91.4 cm³/mol. The van der Waals surface area contributed by atoms with Gasteiger partial charge in [-0.2, -0.15) is 0 Å². The number of aromatic nitrogens is 3. The van der Waals surface area contributed by atoms with E-state index in [0.717, 1.165) is 11.1 Å². The smallest absolute Gasteiger partial charge is 0.209 e. The van der Waals surface area contributed by atoms with Crippen LogP contribution in [-0.2, 0) is 0 Å². The van der Waals surface area contributed by atoms with Gasteiger partial charge in [0.05, 0.1) is 5.75 Å². The Hall–Kier alpha value is -2.80. The molecule has 0 aliphatic heterocycles. The minimum absolute atomic E-state index is 0.134. The van der Waals surface area contributed by atoms with Crippen molar-refractivity contribution in [2.75, 3.05) is 5.75 Å². The van der Waals surface area contributed by atoms with E-state index < -0.39 is 0 Å². The molecule has 0 radical (unpaired) electrons. The molecule has 0 saturated carbocycles. The second-order valence-electron chi connectivity index (χ2n) is 5.25. The Morgan fingerprint density at radius 1 is 1.12 bits per heavy atom. The van der Waals surface area contributed by atoms with Gasteiger partial charge in [0.1, 0.15) is 0 Å². The molecule has 0 bridgehead atoms. The third kappa shape index (κ3) is 3.57. The van der Waals surface area contributed by atoms with Crippen LogP contribution in [0.1, 0.15) is 15.9 Å². The molecule has 0 spiro atoms. The molecule has 0 aliphatic carbocycles. The van der Waals surface area contributed by atoms with E-state index in [0.29, 0.717) is 16.5 Å². The van der Waals surface area contributed by atoms with Crippen LogP contribution in [0.4, 0.5) is 0 Å². The van der Waals surface area contributed by atoms with E-state index in [4.69, 9.17) is 0 Å². The topological polar surface area (TPSA) is 99.1 Å². The van der Waals surface area contributed by atoms with Gasteiger partial charge in [-0.05, 0) is 25.1 Å². The van der Waals surface area contributed by atoms with Crippen molar-refractivity contribution in [1.29, 1.82) is 0 Å². The minimum atomic E-state index is -0.314. The van der Waals surface area contributed by atoms with E-state index in [1.165, 1.54) is 30.0 Å². The fourth-order valence-electron chi connectivity index (χ4n) is 2.06. The molecule has 3 rings (SSSR count). The number of aromatic hydroxyl groups is 2. The molecule has 122 valence electrons. The number of phenolic OH excluding ortho intramolecular Hbond substituents is 2. The summed E-state index contributed by atoms with van der Waals surface area (Å²) in [4.78, 5) is 16.5. The van der Waals surface area contributed by atoms with Crippen molar-refractivity contribution in [3.8, 4) is 22.9 Å². The van der Waals surface area contributed by atoms with Crippen LogP contribution in [-0.4, -0.2) is 36.9 Å². The lowest BCUT2D eigenvalue weighted by Crippen LogP contribution is -2.02. The van der Waals surface area contributed by atoms with Crippen molar-refractivity contribution in [3.05, 3.63) is 53.6 Å². The number of phenols is 2. The molecule has 0 unspecified atom stereocenters. The first kappa shape index (κ1) is 16.1. The number of H-pyrrole nitrogens is 1. The Morgan fingerprint density at radius 3 is 2.58 bits per heavy atom. The molecular formula is C17H15N3O3S. The lowest BCUT2D eigenvalue weighted by atomic mass is 10.1. The number of aryl methyl sites for hydroxylation is 1. The summed E-state index contributed by atoms with van der Waals surface area (Å²) in [6, 6.07) is 11.9. The highest BCUT2D eigenvalue weighted by atomic mass is 32.2. The Bertz CT molecular complexity index is 875. The number of carbonyl (C=O) groups is 1. The van der Waals surface area contributed by atoms with Gasteiger partial charge < -0.3 is 10.2 Å². The van der Waals surface area contributed by atoms with E-state index in [1.807, 2.05) is 31.2 Å². The van der Waals surface area contributed by atoms with Gasteiger partial charge in [-0.25, -0.2) is 4.98 Å². The number of aromatic amines is 1. The standard InChI is InChI=1S/C17H15N3O3S/c1-10-2-4-11(5-3-10)16-18-17(20-19-16)24-9-15(23)12-6-7-13(21)14(22)8-12/h2-8,21-22H,9H2,1H3,(H,18,19,20). The molecule has 0 saturated heterocycles. The number of benzene rings is 2. The van der Waals surface area contributed by atoms with Crippen LogP contribution in [0, 0.1) is 6.92 Å². The number of thioether (sulfide) groups is 1. The maximum absolute atomic E-state index is 12.1. The Kier molecular flexibility index (Phi) is 4.52. The molecule has 1 aromatic heterocycles. The molecule has 0 fully saturated rings. The molecule has 24 heavy (non-hydrogen) atoms. The molecule has 0 amide bonds. The molecule has 1 heterocycles. The predicted octanol–water partition coefficient (Wildman–Crippen LogP) is 3.17. The van der Waals surface area contributed by atoms with Crippen LogP contribution in [0.5, 0.6) is 11.5 Å². The van der Waals surface area contributed by atoms with Crippen LogP contribution in [0.3, 0.4) is 0 Å². The zero-order valence-electron chi connectivity index (χ0n) is 12.9. The third-order valence-electron chi connectivity index (χ3n) is 3.42. The van der Waals surface area contributed by atoms with Gasteiger partial charge in [-0.1, -0.05) is 41.6 Å². The Labute approximate surface area is 142 Å². The average molecular weight is 341 g/mol. The van der Waals surface area contributed by atoms with Crippen LogP contribution >= 0.6 is 11.8 Å². The van der Waals surface area contributed by atoms with E-state index in [1.54, 1.807) is 0 Å². The van der Waals surface area contributed by atoms with Gasteiger partial charge in [0.15, 0.2) is 23.1 Å². The van der Waals surface area contributed by atoms with Crippen molar-refractivity contribution >= 4 is 17.5 Å². The lowest BCUT2D eigenvalue weighted by molar-refractivity contribution is 0.102. The number of nitrogens with zero attached hydrogens (tertiary/aromatic N) is 2. The molecule has 3 N–H and O–H groups in total. The number of nitrogens with one attached hydrogen (secondary N) is 1. The third-order valence-corrected chi connectivity index (χ3v) is 4.27. The molecule has 6 nitrogen and oxygen atoms in total. The fraction of sp³-hybridized carbons (Fsp3) is 0.118. The number of hydrogen-bond acceptors (Lipinski definition) is 6. The number of ketones is 1. The van der Waals surface area contributed by atoms with Gasteiger partial charge in [-0.3, -0.25) is 9.89 Å². The maximum Gasteiger partial charge on any atom is 0.209 e. The summed E-state index contributed by atoms with van der Waals surface area (Å²) < 4.78 is 0. The number of Topliss-reactive ketones (excluding diaryl/α,β-unsaturated/α-hetero) is 1. The van der Waals surface area contributed by atoms with Crippen molar-refractivity contribution in [2.24, 2.45) is 0 Å². The Morgan fingerprint density at radius 2 is 1.88 bits per heavy atom. The van der Waals surface area contributed by atoms with Crippen LogP contribution in [0.25, 0.3) is 11.4 Å². The monoisotopic (exact) mass is 341 g/mol. The zero-order valence-corrected chi connectivity index (χ0v) is 13.7. The maximum atomic E-state index is 12.1. The van der Waals surface area contributed by atoms with Crippen LogP contribution in [0.15, 0.2) is 47.6 Å². The van der Waals surface area contributed by atoms with E-state index in [-0.39, 0.29) is 23.0 Å². The molecular weight excluding hydrogens is 326 g/mol. The normalized spacial score (nSPS) is 10.7. The zero-order chi connectivity index (χ0) is 17.1. The summed E-state index contributed by atoms with van der Waals surface area (Å²) in [6.45, 7) is 2.01. The quantitative estimate of drug-likeness (QED) is 0.374. The molecule has 0 atom stereocenters. The first-order valence-electron chi connectivity index (χ1n) is 7.20. The molecule has 3 aromatic rings. The van der Waals surface area contributed by atoms with Crippen molar-refractivity contribution < 1.29 is 15.0 Å². The average Bonchev–Trinajstić information content (AvgIpc) is 3.05. The molecule has 0 aliphatic rings. The highest BCUT2D eigenvalue weighted by molar-refractivity contribution is 7.99. The number of rotatable bonds is 5. The van der Waals surface area contributed by atoms with Crippen molar-refractivity contribution in [3.63, 3.8) is 0 Å². The summed E-state index contributed by atoms with van der Waals surface area (Å²) >= 11 is 1.20. The highest BCUT2D eigenvalue weighted by Gasteiger charge is 2.12. The van der Waals surface area contributed by atoms with Crippen molar-refractivity contribution in [2.45, 2.75) is 12.1 Å². The van der Waals surface area contributed by atoms with Gasteiger partial charge in [0.25, 0.3) is 0 Å². The highest BCUT2D eigenvalue weighted by Crippen LogP contribution is 2.26. The van der Waals surface area contributed by atoms with Gasteiger partial charge in [-0.15, -0.1) is 5.10 Å². The van der Waals surface area contributed by atoms with Gasteiger partial charge in [0.2, 0.25) is 5.16 Å². The summed E-state index contributed by atoms with van der Waals surface area (Å²) in [7, 11) is 0. The second-order valence-corrected chi connectivity index (χ2v) is 6.19. The first-order chi connectivity index (χ1) is 11.5. The van der Waals surface area contributed by atoms with E-state index >= 15 is 0 Å². The SMILES string of the molecule is Cc1ccc(-c2nc(SCC(=O)c3ccc(O)c(O)c3)n[nH]2)cc1. The minimum Gasteiger partial charge on any atom is -0.504 e. The van der Waals surface area contributed by atoms with Crippen LogP contribution in [0.2, 0.25) is 0 Å². The van der Waals surface area contributed by atoms with Gasteiger partial charge >= 0.3 is 0 Å². The first-order valence-corrected chi connectivity index (χ1v) is 8.19. The van der Waals surface area contributed by atoms with Gasteiger partial charge in [0, 0.05) is 11.1 Å².